The summed E-state index contributed by atoms with van der Waals surface area (Å²) in [5.41, 5.74) is -2.01. The number of esters is 2. The summed E-state index contributed by atoms with van der Waals surface area (Å²) in [4.78, 5) is 39.7. The molecule has 1 fully saturated rings. The number of amides is 1. The molecule has 0 spiro atoms. The fourth-order valence-electron chi connectivity index (χ4n) is 2.98. The minimum absolute atomic E-state index is 0.0118. The first-order valence-corrected chi connectivity index (χ1v) is 10.4. The van der Waals surface area contributed by atoms with E-state index in [1.54, 1.807) is 0 Å². The van der Waals surface area contributed by atoms with E-state index < -0.39 is 29.7 Å². The minimum atomic E-state index is -2.01. The van der Waals surface area contributed by atoms with E-state index >= 15 is 0 Å². The molecule has 1 rings (SSSR count). The molecule has 1 unspecified atom stereocenters. The molecule has 28 heavy (non-hydrogen) atoms. The second kappa shape index (κ2) is 12.6. The molecule has 1 saturated heterocycles. The summed E-state index contributed by atoms with van der Waals surface area (Å²) in [7, 11) is 0. The zero-order valence-electron chi connectivity index (χ0n) is 17.4. The number of aliphatic hydroxyl groups is 1. The van der Waals surface area contributed by atoms with Crippen LogP contribution in [0.4, 0.5) is 4.79 Å². The van der Waals surface area contributed by atoms with Crippen molar-refractivity contribution >= 4 is 18.0 Å². The molecule has 0 aromatic rings. The van der Waals surface area contributed by atoms with Gasteiger partial charge in [-0.2, -0.15) is 0 Å². The number of rotatable bonds is 11. The number of carbonyl (C=O) groups is 3. The highest BCUT2D eigenvalue weighted by Gasteiger charge is 2.59. The smallest absolute Gasteiger partial charge is 0.411 e. The largest absolute Gasteiger partial charge is 0.463 e. The lowest BCUT2D eigenvalue weighted by Gasteiger charge is -2.43. The van der Waals surface area contributed by atoms with E-state index in [4.69, 9.17) is 14.2 Å². The number of aliphatic hydroxyl groups excluding tert-OH is 1. The molecule has 1 amide bonds. The monoisotopic (exact) mass is 401 g/mol. The van der Waals surface area contributed by atoms with E-state index in [0.717, 1.165) is 24.2 Å². The Morgan fingerprint density at radius 2 is 1.36 bits per heavy atom. The van der Waals surface area contributed by atoms with Gasteiger partial charge in [0.25, 0.3) is 0 Å². The van der Waals surface area contributed by atoms with Crippen molar-refractivity contribution in [1.82, 2.24) is 4.90 Å². The van der Waals surface area contributed by atoms with Crippen molar-refractivity contribution in [2.24, 2.45) is 0 Å². The van der Waals surface area contributed by atoms with Crippen LogP contribution in [0.1, 0.15) is 72.1 Å². The van der Waals surface area contributed by atoms with Gasteiger partial charge in [0.1, 0.15) is 0 Å². The van der Waals surface area contributed by atoms with Crippen molar-refractivity contribution in [3.8, 4) is 0 Å². The Bertz CT molecular complexity index is 487. The van der Waals surface area contributed by atoms with Crippen LogP contribution >= 0.6 is 0 Å². The lowest BCUT2D eigenvalue weighted by atomic mass is 9.85. The normalized spacial score (nSPS) is 18.4. The van der Waals surface area contributed by atoms with Crippen LogP contribution < -0.4 is 0 Å². The number of unbranched alkanes of at least 4 members (excludes halogenated alkanes) is 3. The van der Waals surface area contributed by atoms with Crippen LogP contribution in [0.25, 0.3) is 0 Å². The number of ether oxygens (including phenoxy) is 3. The summed E-state index contributed by atoms with van der Waals surface area (Å²) in [6.07, 6.45) is 2.72. The quantitative estimate of drug-likeness (QED) is 0.246. The molecule has 0 saturated carbocycles. The van der Waals surface area contributed by atoms with Gasteiger partial charge in [0.2, 0.25) is 5.54 Å². The Morgan fingerprint density at radius 1 is 0.893 bits per heavy atom. The average molecular weight is 402 g/mol. The molecule has 8 nitrogen and oxygen atoms in total. The fourth-order valence-corrected chi connectivity index (χ4v) is 2.98. The molecule has 0 aromatic heterocycles. The standard InChI is InChI=1S/C20H35NO7/c1-4-7-12-26-17(23)20(18(24)27-13-8-5-2)15-16(22)10-11-21(20)19(25)28-14-9-6-3/h16,22H,4-15H2,1-3H3. The van der Waals surface area contributed by atoms with Gasteiger partial charge in [0.05, 0.1) is 25.9 Å². The third-order valence-electron chi connectivity index (χ3n) is 4.76. The summed E-state index contributed by atoms with van der Waals surface area (Å²) in [6.45, 7) is 6.33. The highest BCUT2D eigenvalue weighted by molar-refractivity contribution is 6.07. The molecule has 1 atom stereocenters. The van der Waals surface area contributed by atoms with Crippen LogP contribution in [-0.2, 0) is 23.8 Å². The van der Waals surface area contributed by atoms with Crippen molar-refractivity contribution < 1.29 is 33.7 Å². The van der Waals surface area contributed by atoms with Gasteiger partial charge in [-0.1, -0.05) is 40.0 Å². The van der Waals surface area contributed by atoms with E-state index in [1.807, 2.05) is 20.8 Å². The third-order valence-corrected chi connectivity index (χ3v) is 4.76. The first-order valence-electron chi connectivity index (χ1n) is 10.4. The Labute approximate surface area is 167 Å². The maximum absolute atomic E-state index is 13.0. The number of hydrogen-bond acceptors (Lipinski definition) is 7. The zero-order chi connectivity index (χ0) is 21.0. The van der Waals surface area contributed by atoms with Crippen LogP contribution in [0.3, 0.4) is 0 Å². The molecule has 0 aromatic carbocycles. The van der Waals surface area contributed by atoms with Gasteiger partial charge in [0, 0.05) is 13.0 Å². The predicted octanol–water partition coefficient (Wildman–Crippen LogP) is 2.81. The number of carbonyl (C=O) groups excluding carboxylic acids is 3. The molecule has 1 aliphatic heterocycles. The summed E-state index contributed by atoms with van der Waals surface area (Å²) >= 11 is 0. The highest BCUT2D eigenvalue weighted by atomic mass is 16.6. The topological polar surface area (TPSA) is 102 Å². The SMILES string of the molecule is CCCCOC(=O)N1CCC(O)CC1(C(=O)OCCCC)C(=O)OCCCC. The van der Waals surface area contributed by atoms with Crippen LogP contribution in [0.2, 0.25) is 0 Å². The third kappa shape index (κ3) is 6.36. The van der Waals surface area contributed by atoms with E-state index in [1.165, 1.54) is 0 Å². The van der Waals surface area contributed by atoms with E-state index in [2.05, 4.69) is 0 Å². The second-order valence-corrected chi connectivity index (χ2v) is 7.11. The van der Waals surface area contributed by atoms with Crippen molar-refractivity contribution in [1.29, 1.82) is 0 Å². The molecule has 0 radical (unpaired) electrons. The Morgan fingerprint density at radius 3 is 1.82 bits per heavy atom. The lowest BCUT2D eigenvalue weighted by Crippen LogP contribution is -2.67. The van der Waals surface area contributed by atoms with Crippen LogP contribution in [0.15, 0.2) is 0 Å². The van der Waals surface area contributed by atoms with E-state index in [9.17, 15) is 19.5 Å². The van der Waals surface area contributed by atoms with Crippen molar-refractivity contribution in [2.45, 2.75) is 83.8 Å². The summed E-state index contributed by atoms with van der Waals surface area (Å²) < 4.78 is 15.9. The highest BCUT2D eigenvalue weighted by Crippen LogP contribution is 2.32. The maximum Gasteiger partial charge on any atom is 0.411 e. The number of hydrogen-bond donors (Lipinski definition) is 1. The van der Waals surface area contributed by atoms with Crippen LogP contribution in [-0.4, -0.2) is 66.0 Å². The van der Waals surface area contributed by atoms with Gasteiger partial charge in [0.15, 0.2) is 0 Å². The summed E-state index contributed by atoms with van der Waals surface area (Å²) in [5.74, 6) is -1.73. The lowest BCUT2D eigenvalue weighted by molar-refractivity contribution is -0.180. The second-order valence-electron chi connectivity index (χ2n) is 7.11. The van der Waals surface area contributed by atoms with Gasteiger partial charge < -0.3 is 19.3 Å². The first kappa shape index (κ1) is 24.2. The first-order chi connectivity index (χ1) is 13.4. The molecule has 1 heterocycles. The minimum Gasteiger partial charge on any atom is -0.463 e. The van der Waals surface area contributed by atoms with Gasteiger partial charge in [-0.3, -0.25) is 4.90 Å². The van der Waals surface area contributed by atoms with E-state index in [0.29, 0.717) is 19.3 Å². The molecular weight excluding hydrogens is 366 g/mol. The van der Waals surface area contributed by atoms with Gasteiger partial charge >= 0.3 is 18.0 Å². The Kier molecular flexibility index (Phi) is 10.9. The van der Waals surface area contributed by atoms with Crippen LogP contribution in [0, 0.1) is 0 Å². The van der Waals surface area contributed by atoms with Crippen molar-refractivity contribution in [3.05, 3.63) is 0 Å². The maximum atomic E-state index is 13.0. The van der Waals surface area contributed by atoms with Gasteiger partial charge in [-0.05, 0) is 25.7 Å². The van der Waals surface area contributed by atoms with Crippen LogP contribution in [0.5, 0.6) is 0 Å². The number of likely N-dealkylation sites (tertiary alicyclic amines) is 1. The summed E-state index contributed by atoms with van der Waals surface area (Å²) in [6, 6.07) is 0. The molecule has 162 valence electrons. The Balaban J connectivity index is 3.12. The molecule has 1 aliphatic rings. The zero-order valence-corrected chi connectivity index (χ0v) is 17.4. The Hall–Kier alpha value is -1.83. The number of piperidine rings is 1. The van der Waals surface area contributed by atoms with Crippen molar-refractivity contribution in [2.75, 3.05) is 26.4 Å². The molecular formula is C20H35NO7. The molecule has 0 bridgehead atoms. The average Bonchev–Trinajstić information content (AvgIpc) is 2.67. The molecule has 8 heteroatoms. The molecule has 1 N–H and O–H groups in total. The number of nitrogens with zero attached hydrogens (tertiary/aromatic N) is 1. The molecule has 0 aliphatic carbocycles. The van der Waals surface area contributed by atoms with Crippen molar-refractivity contribution in [3.63, 3.8) is 0 Å². The van der Waals surface area contributed by atoms with E-state index in [-0.39, 0.29) is 39.2 Å². The van der Waals surface area contributed by atoms with Gasteiger partial charge in [-0.25, -0.2) is 14.4 Å². The van der Waals surface area contributed by atoms with Gasteiger partial charge in [-0.15, -0.1) is 0 Å². The predicted molar refractivity (Wildman–Crippen MR) is 103 cm³/mol. The summed E-state index contributed by atoms with van der Waals surface area (Å²) in [5, 5.41) is 10.2. The fraction of sp³-hybridized carbons (Fsp3) is 0.850.